The quantitative estimate of drug-likeness (QED) is 0.924. The Bertz CT molecular complexity index is 530. The zero-order valence-electron chi connectivity index (χ0n) is 9.63. The Morgan fingerprint density at radius 3 is 3.06 bits per heavy atom. The molecular weight excluding hydrogens is 256 g/mol. The van der Waals surface area contributed by atoms with Crippen LogP contribution < -0.4 is 0 Å². The molecule has 0 saturated carbocycles. The van der Waals surface area contributed by atoms with E-state index in [0.717, 1.165) is 16.8 Å². The lowest BCUT2D eigenvalue weighted by Gasteiger charge is -2.14. The van der Waals surface area contributed by atoms with E-state index in [9.17, 15) is 4.79 Å². The van der Waals surface area contributed by atoms with Gasteiger partial charge in [0.2, 0.25) is 0 Å². The number of hydrogen-bond acceptors (Lipinski definition) is 4. The lowest BCUT2D eigenvalue weighted by molar-refractivity contribution is 0.165. The lowest BCUT2D eigenvalue weighted by atomic mass is 10.1. The van der Waals surface area contributed by atoms with Gasteiger partial charge in [0.05, 0.1) is 11.9 Å². The first-order valence-corrected chi connectivity index (χ1v) is 5.50. The summed E-state index contributed by atoms with van der Waals surface area (Å²) in [7, 11) is 1.61. The minimum atomic E-state index is -0.592. The Kier molecular flexibility index (Phi) is 3.78. The maximum Gasteiger partial charge on any atom is 0.428 e. The number of carbonyl (C=O) groups is 1. The minimum absolute atomic E-state index is 0.404. The van der Waals surface area contributed by atoms with Crippen LogP contribution in [0.3, 0.4) is 0 Å². The second-order valence-electron chi connectivity index (χ2n) is 3.77. The number of carbonyl (C=O) groups excluding carboxylic acids is 1. The van der Waals surface area contributed by atoms with Crippen LogP contribution in [0.15, 0.2) is 30.5 Å². The van der Waals surface area contributed by atoms with Crippen LogP contribution in [0, 0.1) is 0 Å². The zero-order valence-corrected chi connectivity index (χ0v) is 10.4. The SMILES string of the molecule is CN(Cc1cccc(-c2cnn[nH]2)c1)C(=O)OCl. The maximum absolute atomic E-state index is 11.2. The van der Waals surface area contributed by atoms with Gasteiger partial charge >= 0.3 is 6.09 Å². The molecule has 18 heavy (non-hydrogen) atoms. The summed E-state index contributed by atoms with van der Waals surface area (Å²) in [5.74, 6) is 0. The first kappa shape index (κ1) is 12.4. The molecule has 1 aromatic carbocycles. The molecule has 2 aromatic rings. The van der Waals surface area contributed by atoms with Crippen molar-refractivity contribution in [1.29, 1.82) is 0 Å². The van der Waals surface area contributed by atoms with Gasteiger partial charge in [-0.2, -0.15) is 0 Å². The summed E-state index contributed by atoms with van der Waals surface area (Å²) in [6, 6.07) is 7.67. The average molecular weight is 267 g/mol. The highest BCUT2D eigenvalue weighted by atomic mass is 35.5. The summed E-state index contributed by atoms with van der Waals surface area (Å²) in [6.45, 7) is 0.404. The van der Waals surface area contributed by atoms with Crippen molar-refractivity contribution in [2.75, 3.05) is 7.05 Å². The average Bonchev–Trinajstić information content (AvgIpc) is 2.92. The number of amides is 1. The highest BCUT2D eigenvalue weighted by molar-refractivity contribution is 6.12. The van der Waals surface area contributed by atoms with Gasteiger partial charge in [0.15, 0.2) is 0 Å². The first-order valence-electron chi connectivity index (χ1n) is 5.20. The molecule has 0 bridgehead atoms. The monoisotopic (exact) mass is 266 g/mol. The molecule has 6 nitrogen and oxygen atoms in total. The molecule has 0 aliphatic carbocycles. The van der Waals surface area contributed by atoms with E-state index in [2.05, 4.69) is 19.7 Å². The molecule has 0 unspecified atom stereocenters. The van der Waals surface area contributed by atoms with E-state index in [1.165, 1.54) is 4.90 Å². The number of aromatic nitrogens is 3. The van der Waals surface area contributed by atoms with E-state index >= 15 is 0 Å². The molecule has 94 valence electrons. The number of nitrogens with zero attached hydrogens (tertiary/aromatic N) is 3. The van der Waals surface area contributed by atoms with Gasteiger partial charge in [0, 0.05) is 19.2 Å². The van der Waals surface area contributed by atoms with Gasteiger partial charge in [-0.3, -0.25) is 5.10 Å². The van der Waals surface area contributed by atoms with Gasteiger partial charge in [-0.1, -0.05) is 23.4 Å². The number of nitrogens with one attached hydrogen (secondary N) is 1. The van der Waals surface area contributed by atoms with Crippen LogP contribution in [0.25, 0.3) is 11.3 Å². The third kappa shape index (κ3) is 2.78. The molecule has 1 heterocycles. The van der Waals surface area contributed by atoms with E-state index in [0.29, 0.717) is 6.54 Å². The zero-order chi connectivity index (χ0) is 13.0. The summed E-state index contributed by atoms with van der Waals surface area (Å²) in [5, 5.41) is 10.2. The van der Waals surface area contributed by atoms with Crippen LogP contribution in [0.5, 0.6) is 0 Å². The Balaban J connectivity index is 2.15. The van der Waals surface area contributed by atoms with E-state index in [-0.39, 0.29) is 0 Å². The number of halogens is 1. The maximum atomic E-state index is 11.2. The molecule has 0 radical (unpaired) electrons. The number of hydrogen-bond donors (Lipinski definition) is 1. The van der Waals surface area contributed by atoms with Crippen molar-refractivity contribution in [3.8, 4) is 11.3 Å². The number of benzene rings is 1. The van der Waals surface area contributed by atoms with E-state index in [1.807, 2.05) is 24.3 Å². The van der Waals surface area contributed by atoms with Gasteiger partial charge in [-0.15, -0.1) is 5.10 Å². The summed E-state index contributed by atoms with van der Waals surface area (Å²) in [5.41, 5.74) is 2.72. The van der Waals surface area contributed by atoms with Gasteiger partial charge in [-0.05, 0) is 11.6 Å². The molecule has 0 aliphatic heterocycles. The van der Waals surface area contributed by atoms with E-state index in [1.54, 1.807) is 13.2 Å². The van der Waals surface area contributed by atoms with Crippen LogP contribution in [-0.2, 0) is 10.8 Å². The molecule has 1 N–H and O–H groups in total. The van der Waals surface area contributed by atoms with Crippen molar-refractivity contribution >= 4 is 18.0 Å². The molecule has 0 aliphatic rings. The minimum Gasteiger partial charge on any atom is -0.330 e. The van der Waals surface area contributed by atoms with Crippen molar-refractivity contribution < 1.29 is 9.08 Å². The molecule has 0 atom stereocenters. The van der Waals surface area contributed by atoms with Gasteiger partial charge in [0.25, 0.3) is 0 Å². The topological polar surface area (TPSA) is 71.1 Å². The Hall–Kier alpha value is -2.08. The van der Waals surface area contributed by atoms with Gasteiger partial charge in [-0.25, -0.2) is 4.79 Å². The van der Waals surface area contributed by atoms with Crippen LogP contribution in [0.1, 0.15) is 5.56 Å². The highest BCUT2D eigenvalue weighted by Gasteiger charge is 2.10. The number of aromatic amines is 1. The highest BCUT2D eigenvalue weighted by Crippen LogP contribution is 2.17. The molecule has 1 amide bonds. The van der Waals surface area contributed by atoms with Crippen molar-refractivity contribution in [1.82, 2.24) is 20.3 Å². The molecule has 0 fully saturated rings. The molecule has 7 heteroatoms. The third-order valence-electron chi connectivity index (χ3n) is 2.45. The smallest absolute Gasteiger partial charge is 0.330 e. The fraction of sp³-hybridized carbons (Fsp3) is 0.182. The Morgan fingerprint density at radius 2 is 2.39 bits per heavy atom. The predicted molar refractivity (Wildman–Crippen MR) is 65.6 cm³/mol. The Morgan fingerprint density at radius 1 is 1.56 bits per heavy atom. The van der Waals surface area contributed by atoms with E-state index in [4.69, 9.17) is 11.9 Å². The second-order valence-corrected chi connectivity index (χ2v) is 3.92. The molecule has 0 saturated heterocycles. The van der Waals surface area contributed by atoms with Crippen molar-refractivity contribution in [3.63, 3.8) is 0 Å². The normalized spacial score (nSPS) is 10.1. The van der Waals surface area contributed by atoms with E-state index < -0.39 is 6.09 Å². The molecule has 2 rings (SSSR count). The molecular formula is C11H11ClN4O2. The fourth-order valence-corrected chi connectivity index (χ4v) is 1.69. The van der Waals surface area contributed by atoms with Crippen molar-refractivity contribution in [2.24, 2.45) is 0 Å². The van der Waals surface area contributed by atoms with Gasteiger partial charge < -0.3 is 9.19 Å². The van der Waals surface area contributed by atoms with Crippen LogP contribution in [0.2, 0.25) is 0 Å². The predicted octanol–water partition coefficient (Wildman–Crippen LogP) is 2.19. The second kappa shape index (κ2) is 5.50. The summed E-state index contributed by atoms with van der Waals surface area (Å²) >= 11 is 5.01. The van der Waals surface area contributed by atoms with Crippen molar-refractivity contribution in [3.05, 3.63) is 36.0 Å². The molecule has 0 spiro atoms. The number of rotatable bonds is 3. The summed E-state index contributed by atoms with van der Waals surface area (Å²) in [4.78, 5) is 12.5. The summed E-state index contributed by atoms with van der Waals surface area (Å²) < 4.78 is 4.12. The van der Waals surface area contributed by atoms with Crippen molar-refractivity contribution in [2.45, 2.75) is 6.54 Å². The fourth-order valence-electron chi connectivity index (χ4n) is 1.57. The number of H-pyrrole nitrogens is 1. The standard InChI is InChI=1S/C11H11ClN4O2/c1-16(11(17)18-12)7-8-3-2-4-9(5-8)10-6-13-15-14-10/h2-6H,7H2,1H3,(H,13,14,15). The van der Waals surface area contributed by atoms with Gasteiger partial charge in [0.1, 0.15) is 11.9 Å². The van der Waals surface area contributed by atoms with Crippen LogP contribution in [0.4, 0.5) is 4.79 Å². The summed E-state index contributed by atoms with van der Waals surface area (Å²) in [6.07, 6.45) is 1.04. The first-order chi connectivity index (χ1) is 8.70. The Labute approximate surface area is 109 Å². The molecule has 1 aromatic heterocycles. The largest absolute Gasteiger partial charge is 0.428 e. The van der Waals surface area contributed by atoms with Crippen LogP contribution in [-0.4, -0.2) is 33.5 Å². The van der Waals surface area contributed by atoms with Crippen LogP contribution >= 0.6 is 11.9 Å². The third-order valence-corrected chi connectivity index (χ3v) is 2.58. The lowest BCUT2D eigenvalue weighted by Crippen LogP contribution is -2.24.